The number of ether oxygens (including phenoxy) is 2. The van der Waals surface area contributed by atoms with E-state index in [4.69, 9.17) is 9.47 Å². The Labute approximate surface area is 259 Å². The molecule has 0 bridgehead atoms. The van der Waals surface area contributed by atoms with E-state index in [1.165, 1.54) is 21.3 Å². The second-order valence-electron chi connectivity index (χ2n) is 10.8. The van der Waals surface area contributed by atoms with E-state index in [0.29, 0.717) is 48.9 Å². The molecule has 0 spiro atoms. The van der Waals surface area contributed by atoms with Crippen molar-refractivity contribution in [2.24, 2.45) is 0 Å². The van der Waals surface area contributed by atoms with E-state index in [0.717, 1.165) is 24.7 Å². The van der Waals surface area contributed by atoms with Crippen molar-refractivity contribution in [1.29, 1.82) is 0 Å². The lowest BCUT2D eigenvalue weighted by Gasteiger charge is -2.32. The number of rotatable bonds is 15. The molecule has 44 heavy (non-hydrogen) atoms. The fourth-order valence-electron chi connectivity index (χ4n) is 5.04. The van der Waals surface area contributed by atoms with Crippen molar-refractivity contribution < 1.29 is 31.9 Å². The summed E-state index contributed by atoms with van der Waals surface area (Å²) in [6, 6.07) is 19.4. The van der Waals surface area contributed by atoms with Crippen LogP contribution in [0.2, 0.25) is 0 Å². The first-order valence-corrected chi connectivity index (χ1v) is 16.7. The van der Waals surface area contributed by atoms with Gasteiger partial charge in [0, 0.05) is 38.5 Å². The summed E-state index contributed by atoms with van der Waals surface area (Å²) in [6.45, 7) is 3.43. The number of hydrogen-bond acceptors (Lipinski definition) is 6. The highest BCUT2D eigenvalue weighted by Crippen LogP contribution is 2.34. The second kappa shape index (κ2) is 15.6. The molecule has 1 aliphatic rings. The Morgan fingerprint density at radius 3 is 2.32 bits per heavy atom. The number of halogens is 1. The van der Waals surface area contributed by atoms with Crippen molar-refractivity contribution >= 4 is 27.5 Å². The van der Waals surface area contributed by atoms with E-state index in [1.807, 2.05) is 37.3 Å². The molecule has 0 aromatic heterocycles. The van der Waals surface area contributed by atoms with Gasteiger partial charge < -0.3 is 19.7 Å². The Hall–Kier alpha value is -4.12. The lowest BCUT2D eigenvalue weighted by Crippen LogP contribution is -2.50. The summed E-state index contributed by atoms with van der Waals surface area (Å²) < 4.78 is 51.7. The quantitative estimate of drug-likeness (QED) is 0.246. The number of fused-ring (bicyclic) bond motifs is 1. The lowest BCUT2D eigenvalue weighted by atomic mass is 10.0. The first-order valence-electron chi connectivity index (χ1n) is 14.9. The van der Waals surface area contributed by atoms with Crippen LogP contribution in [0.15, 0.2) is 72.8 Å². The minimum Gasteiger partial charge on any atom is -0.486 e. The first-order chi connectivity index (χ1) is 21.2. The second-order valence-corrected chi connectivity index (χ2v) is 12.7. The van der Waals surface area contributed by atoms with Crippen LogP contribution in [0, 0.1) is 5.82 Å². The minimum atomic E-state index is -3.69. The van der Waals surface area contributed by atoms with Crippen molar-refractivity contribution in [3.63, 3.8) is 0 Å². The summed E-state index contributed by atoms with van der Waals surface area (Å²) in [4.78, 5) is 29.0. The van der Waals surface area contributed by atoms with Gasteiger partial charge in [0.05, 0.1) is 11.9 Å². The maximum absolute atomic E-state index is 13.9. The molecule has 0 radical (unpaired) electrons. The van der Waals surface area contributed by atoms with Gasteiger partial charge in [-0.2, -0.15) is 0 Å². The fraction of sp³-hybridized carbons (Fsp3) is 0.394. The van der Waals surface area contributed by atoms with Gasteiger partial charge in [0.2, 0.25) is 21.8 Å². The summed E-state index contributed by atoms with van der Waals surface area (Å²) in [6.07, 6.45) is 3.31. The SMILES string of the molecule is CCCCNC(=O)[C@@H](Cc1ccccc1)N(Cc1ccc(F)cc1)C(=O)CCCN(c1ccc2c(c1)OCCO2)S(C)(=O)=O. The van der Waals surface area contributed by atoms with Crippen LogP contribution in [0.3, 0.4) is 0 Å². The molecule has 1 atom stereocenters. The normalized spacial score (nSPS) is 13.2. The Morgan fingerprint density at radius 1 is 0.932 bits per heavy atom. The average molecular weight is 626 g/mol. The number of amides is 2. The molecule has 0 saturated heterocycles. The molecule has 1 heterocycles. The Kier molecular flexibility index (Phi) is 11.6. The minimum absolute atomic E-state index is 0.00863. The lowest BCUT2D eigenvalue weighted by molar-refractivity contribution is -0.141. The van der Waals surface area contributed by atoms with E-state index in [2.05, 4.69) is 5.32 Å². The summed E-state index contributed by atoms with van der Waals surface area (Å²) in [7, 11) is -3.69. The Morgan fingerprint density at radius 2 is 1.64 bits per heavy atom. The molecule has 236 valence electrons. The monoisotopic (exact) mass is 625 g/mol. The van der Waals surface area contributed by atoms with Crippen molar-refractivity contribution in [3.8, 4) is 11.5 Å². The molecule has 9 nitrogen and oxygen atoms in total. The van der Waals surface area contributed by atoms with Crippen LogP contribution in [-0.2, 0) is 32.6 Å². The first kappa shape index (κ1) is 32.8. The molecule has 4 rings (SSSR count). The number of nitrogens with zero attached hydrogens (tertiary/aromatic N) is 2. The number of carbonyl (C=O) groups excluding carboxylic acids is 2. The third kappa shape index (κ3) is 9.19. The molecular weight excluding hydrogens is 585 g/mol. The number of sulfonamides is 1. The van der Waals surface area contributed by atoms with Crippen LogP contribution in [0.1, 0.15) is 43.7 Å². The molecule has 1 N–H and O–H groups in total. The standard InChI is InChI=1S/C33H40FN3O6S/c1-3-4-18-35-33(39)29(22-25-9-6-5-7-10-25)36(24-26-12-14-27(34)15-13-26)32(38)11-8-19-37(44(2,40)41)28-16-17-30-31(23-28)43-21-20-42-30/h5-7,9-10,12-17,23,29H,3-4,8,11,18-22,24H2,1-2H3,(H,35,39)/t29-/m1/s1. The van der Waals surface area contributed by atoms with E-state index in [-0.39, 0.29) is 37.7 Å². The van der Waals surface area contributed by atoms with Crippen LogP contribution in [0.25, 0.3) is 0 Å². The van der Waals surface area contributed by atoms with Crippen LogP contribution in [0.4, 0.5) is 10.1 Å². The van der Waals surface area contributed by atoms with Crippen LogP contribution < -0.4 is 19.1 Å². The van der Waals surface area contributed by atoms with Gasteiger partial charge in [-0.05, 0) is 48.2 Å². The van der Waals surface area contributed by atoms with E-state index in [1.54, 1.807) is 30.3 Å². The number of carbonyl (C=O) groups is 2. The zero-order chi connectivity index (χ0) is 31.5. The fourth-order valence-corrected chi connectivity index (χ4v) is 5.99. The van der Waals surface area contributed by atoms with Crippen molar-refractivity contribution in [2.45, 2.75) is 51.6 Å². The largest absolute Gasteiger partial charge is 0.486 e. The molecule has 3 aromatic rings. The maximum atomic E-state index is 13.9. The molecule has 1 aliphatic heterocycles. The molecule has 2 amide bonds. The predicted molar refractivity (Wildman–Crippen MR) is 168 cm³/mol. The van der Waals surface area contributed by atoms with Gasteiger partial charge in [0.25, 0.3) is 0 Å². The number of unbranched alkanes of at least 4 members (excludes halogenated alkanes) is 1. The van der Waals surface area contributed by atoms with E-state index in [9.17, 15) is 22.4 Å². The highest BCUT2D eigenvalue weighted by atomic mass is 32.2. The topological polar surface area (TPSA) is 105 Å². The van der Waals surface area contributed by atoms with Crippen LogP contribution in [0.5, 0.6) is 11.5 Å². The summed E-state index contributed by atoms with van der Waals surface area (Å²) >= 11 is 0. The smallest absolute Gasteiger partial charge is 0.243 e. The van der Waals surface area contributed by atoms with Crippen LogP contribution >= 0.6 is 0 Å². The van der Waals surface area contributed by atoms with Crippen molar-refractivity contribution in [2.75, 3.05) is 36.9 Å². The summed E-state index contributed by atoms with van der Waals surface area (Å²) in [5, 5.41) is 2.97. The van der Waals surface area contributed by atoms with Crippen LogP contribution in [-0.4, -0.2) is 63.7 Å². The zero-order valence-corrected chi connectivity index (χ0v) is 26.0. The summed E-state index contributed by atoms with van der Waals surface area (Å²) in [5.41, 5.74) is 1.97. The number of hydrogen-bond donors (Lipinski definition) is 1. The van der Waals surface area contributed by atoms with E-state index < -0.39 is 21.9 Å². The third-order valence-electron chi connectivity index (χ3n) is 7.33. The Bertz CT molecular complexity index is 1500. The molecule has 0 unspecified atom stereocenters. The summed E-state index contributed by atoms with van der Waals surface area (Å²) in [5.74, 6) is 0.0247. The van der Waals surface area contributed by atoms with E-state index >= 15 is 0 Å². The third-order valence-corrected chi connectivity index (χ3v) is 8.53. The predicted octanol–water partition coefficient (Wildman–Crippen LogP) is 4.70. The van der Waals surface area contributed by atoms with Crippen molar-refractivity contribution in [3.05, 3.63) is 89.7 Å². The van der Waals surface area contributed by atoms with Gasteiger partial charge in [0.1, 0.15) is 25.1 Å². The van der Waals surface area contributed by atoms with Gasteiger partial charge in [-0.15, -0.1) is 0 Å². The molecular formula is C33H40FN3O6S. The van der Waals surface area contributed by atoms with Crippen molar-refractivity contribution in [1.82, 2.24) is 10.2 Å². The Balaban J connectivity index is 1.56. The van der Waals surface area contributed by atoms with Gasteiger partial charge >= 0.3 is 0 Å². The van der Waals surface area contributed by atoms with Gasteiger partial charge in [-0.1, -0.05) is 55.8 Å². The number of anilines is 1. The van der Waals surface area contributed by atoms with Gasteiger partial charge in [-0.25, -0.2) is 12.8 Å². The highest BCUT2D eigenvalue weighted by molar-refractivity contribution is 7.92. The zero-order valence-electron chi connectivity index (χ0n) is 25.2. The van der Waals surface area contributed by atoms with Gasteiger partial charge in [-0.3, -0.25) is 13.9 Å². The van der Waals surface area contributed by atoms with Gasteiger partial charge in [0.15, 0.2) is 11.5 Å². The molecule has 0 saturated carbocycles. The highest BCUT2D eigenvalue weighted by Gasteiger charge is 2.30. The molecule has 0 fully saturated rings. The molecule has 11 heteroatoms. The molecule has 0 aliphatic carbocycles. The maximum Gasteiger partial charge on any atom is 0.243 e. The number of benzene rings is 3. The number of nitrogens with one attached hydrogen (secondary N) is 1. The average Bonchev–Trinajstić information content (AvgIpc) is 3.01. The molecule has 3 aromatic carbocycles.